The quantitative estimate of drug-likeness (QED) is 0.831. The van der Waals surface area contributed by atoms with Crippen molar-refractivity contribution in [1.29, 1.82) is 0 Å². The summed E-state index contributed by atoms with van der Waals surface area (Å²) >= 11 is 0. The fraction of sp³-hybridized carbons (Fsp3) is 0.458. The number of benzene rings is 2. The van der Waals surface area contributed by atoms with Gasteiger partial charge in [-0.25, -0.2) is 0 Å². The van der Waals surface area contributed by atoms with Crippen LogP contribution in [-0.4, -0.2) is 48.4 Å². The number of carbonyl (C=O) groups is 1. The van der Waals surface area contributed by atoms with Gasteiger partial charge in [-0.15, -0.1) is 0 Å². The second kappa shape index (κ2) is 9.85. The van der Waals surface area contributed by atoms with Gasteiger partial charge in [-0.2, -0.15) is 0 Å². The van der Waals surface area contributed by atoms with E-state index in [-0.39, 0.29) is 11.9 Å². The van der Waals surface area contributed by atoms with Crippen LogP contribution in [0, 0.1) is 13.8 Å². The maximum Gasteiger partial charge on any atom is 0.234 e. The predicted molar refractivity (Wildman–Crippen MR) is 115 cm³/mol. The molecular formula is C24H33N3O. The highest BCUT2D eigenvalue weighted by Crippen LogP contribution is 2.17. The number of hydrogen-bond acceptors (Lipinski definition) is 3. The van der Waals surface area contributed by atoms with Crippen molar-refractivity contribution in [3.05, 3.63) is 70.8 Å². The number of amides is 1. The van der Waals surface area contributed by atoms with E-state index >= 15 is 0 Å². The Morgan fingerprint density at radius 2 is 1.68 bits per heavy atom. The number of carbonyl (C=O) groups excluding carboxylic acids is 1. The molecule has 28 heavy (non-hydrogen) atoms. The molecule has 1 saturated heterocycles. The molecule has 0 radical (unpaired) electrons. The first kappa shape index (κ1) is 20.6. The summed E-state index contributed by atoms with van der Waals surface area (Å²) in [4.78, 5) is 17.3. The van der Waals surface area contributed by atoms with Crippen LogP contribution in [0.1, 0.15) is 41.6 Å². The van der Waals surface area contributed by atoms with E-state index in [0.29, 0.717) is 6.54 Å². The highest BCUT2D eigenvalue weighted by Gasteiger charge is 2.18. The van der Waals surface area contributed by atoms with E-state index in [2.05, 4.69) is 84.4 Å². The molecule has 0 aromatic heterocycles. The van der Waals surface area contributed by atoms with Crippen molar-refractivity contribution in [2.45, 2.75) is 39.8 Å². The molecule has 3 rings (SSSR count). The van der Waals surface area contributed by atoms with E-state index in [9.17, 15) is 4.79 Å². The Kier molecular flexibility index (Phi) is 7.24. The second-order valence-corrected chi connectivity index (χ2v) is 8.02. The van der Waals surface area contributed by atoms with E-state index < -0.39 is 0 Å². The van der Waals surface area contributed by atoms with Crippen LogP contribution in [0.3, 0.4) is 0 Å². The van der Waals surface area contributed by atoms with Gasteiger partial charge in [-0.05, 0) is 62.5 Å². The Bertz CT molecular complexity index is 775. The van der Waals surface area contributed by atoms with Crippen LogP contribution < -0.4 is 5.32 Å². The Balaban J connectivity index is 1.47. The molecule has 0 aliphatic carbocycles. The molecule has 1 N–H and O–H groups in total. The normalized spacial score (nSPS) is 17.1. The number of aryl methyl sites for hydroxylation is 2. The van der Waals surface area contributed by atoms with Crippen LogP contribution in [0.15, 0.2) is 48.5 Å². The number of nitrogens with zero attached hydrogens (tertiary/aromatic N) is 2. The zero-order valence-corrected chi connectivity index (χ0v) is 17.4. The van der Waals surface area contributed by atoms with Crippen molar-refractivity contribution < 1.29 is 4.79 Å². The third-order valence-electron chi connectivity index (χ3n) is 5.71. The van der Waals surface area contributed by atoms with Gasteiger partial charge in [-0.1, -0.05) is 48.5 Å². The summed E-state index contributed by atoms with van der Waals surface area (Å²) in [5.74, 6) is 0.113. The van der Waals surface area contributed by atoms with Gasteiger partial charge in [0, 0.05) is 19.6 Å². The molecule has 0 saturated carbocycles. The first-order valence-corrected chi connectivity index (χ1v) is 10.4. The molecule has 0 spiro atoms. The Morgan fingerprint density at radius 3 is 2.43 bits per heavy atom. The van der Waals surface area contributed by atoms with Crippen molar-refractivity contribution in [1.82, 2.24) is 15.1 Å². The van der Waals surface area contributed by atoms with Gasteiger partial charge >= 0.3 is 0 Å². The summed E-state index contributed by atoms with van der Waals surface area (Å²) in [6, 6.07) is 17.1. The summed E-state index contributed by atoms with van der Waals surface area (Å²) in [5, 5.41) is 3.17. The van der Waals surface area contributed by atoms with E-state index in [1.807, 2.05) is 0 Å². The Labute approximate surface area is 169 Å². The van der Waals surface area contributed by atoms with Gasteiger partial charge in [-0.3, -0.25) is 14.6 Å². The van der Waals surface area contributed by atoms with Crippen LogP contribution in [0.25, 0.3) is 0 Å². The van der Waals surface area contributed by atoms with Crippen LogP contribution in [0.4, 0.5) is 0 Å². The van der Waals surface area contributed by atoms with Crippen LogP contribution in [0.5, 0.6) is 0 Å². The molecule has 1 atom stereocenters. The highest BCUT2D eigenvalue weighted by molar-refractivity contribution is 5.78. The molecule has 1 fully saturated rings. The third-order valence-corrected chi connectivity index (χ3v) is 5.71. The van der Waals surface area contributed by atoms with Crippen molar-refractivity contribution >= 4 is 5.91 Å². The van der Waals surface area contributed by atoms with Crippen molar-refractivity contribution in [3.8, 4) is 0 Å². The molecule has 1 heterocycles. The topological polar surface area (TPSA) is 35.6 Å². The monoisotopic (exact) mass is 379 g/mol. The van der Waals surface area contributed by atoms with Crippen molar-refractivity contribution in [2.24, 2.45) is 0 Å². The second-order valence-electron chi connectivity index (χ2n) is 8.02. The molecular weight excluding hydrogens is 346 g/mol. The van der Waals surface area contributed by atoms with E-state index in [0.717, 1.165) is 39.1 Å². The summed E-state index contributed by atoms with van der Waals surface area (Å²) < 4.78 is 0. The smallest absolute Gasteiger partial charge is 0.234 e. The van der Waals surface area contributed by atoms with Crippen molar-refractivity contribution in [2.75, 3.05) is 32.7 Å². The molecule has 2 aromatic rings. The van der Waals surface area contributed by atoms with Crippen LogP contribution >= 0.6 is 0 Å². The van der Waals surface area contributed by atoms with Crippen LogP contribution in [-0.2, 0) is 11.3 Å². The number of hydrogen-bond donors (Lipinski definition) is 1. The van der Waals surface area contributed by atoms with Gasteiger partial charge in [0.1, 0.15) is 0 Å². The first-order chi connectivity index (χ1) is 13.5. The molecule has 1 amide bonds. The number of nitrogens with one attached hydrogen (secondary N) is 1. The molecule has 1 unspecified atom stereocenters. The predicted octanol–water partition coefficient (Wildman–Crippen LogP) is 3.69. The fourth-order valence-electron chi connectivity index (χ4n) is 3.79. The van der Waals surface area contributed by atoms with Gasteiger partial charge < -0.3 is 5.32 Å². The minimum atomic E-state index is 0.0355. The summed E-state index contributed by atoms with van der Waals surface area (Å²) in [6.07, 6.45) is 1.10. The molecule has 4 nitrogen and oxygen atoms in total. The highest BCUT2D eigenvalue weighted by atomic mass is 16.2. The summed E-state index contributed by atoms with van der Waals surface area (Å²) in [5.41, 5.74) is 5.08. The lowest BCUT2D eigenvalue weighted by Crippen LogP contribution is -2.40. The standard InChI is InChI=1S/C24H33N3O/c1-19-10-11-23(16-20(19)2)21(3)25-24(28)18-27-13-7-12-26(14-15-27)17-22-8-5-4-6-9-22/h4-6,8-11,16,21H,7,12-15,17-18H2,1-3H3,(H,25,28). The molecule has 1 aliphatic rings. The maximum absolute atomic E-state index is 12.6. The largest absolute Gasteiger partial charge is 0.348 e. The van der Waals surface area contributed by atoms with Gasteiger partial charge in [0.15, 0.2) is 0 Å². The third kappa shape index (κ3) is 5.91. The molecule has 1 aliphatic heterocycles. The Morgan fingerprint density at radius 1 is 0.964 bits per heavy atom. The van der Waals surface area contributed by atoms with Crippen LogP contribution in [0.2, 0.25) is 0 Å². The molecule has 150 valence electrons. The maximum atomic E-state index is 12.6. The zero-order chi connectivity index (χ0) is 19.9. The SMILES string of the molecule is Cc1ccc(C(C)NC(=O)CN2CCCN(Cc3ccccc3)CC2)cc1C. The lowest BCUT2D eigenvalue weighted by Gasteiger charge is -2.22. The fourth-order valence-corrected chi connectivity index (χ4v) is 3.79. The summed E-state index contributed by atoms with van der Waals surface area (Å²) in [7, 11) is 0. The zero-order valence-electron chi connectivity index (χ0n) is 17.4. The van der Waals surface area contributed by atoms with Gasteiger partial charge in [0.2, 0.25) is 5.91 Å². The lowest BCUT2D eigenvalue weighted by atomic mass is 10.0. The van der Waals surface area contributed by atoms with Gasteiger partial charge in [0.25, 0.3) is 0 Å². The van der Waals surface area contributed by atoms with E-state index in [4.69, 9.17) is 0 Å². The average Bonchev–Trinajstić information content (AvgIpc) is 2.89. The minimum absolute atomic E-state index is 0.0355. The molecule has 2 aromatic carbocycles. The molecule has 4 heteroatoms. The first-order valence-electron chi connectivity index (χ1n) is 10.4. The van der Waals surface area contributed by atoms with E-state index in [1.54, 1.807) is 0 Å². The molecule has 0 bridgehead atoms. The Hall–Kier alpha value is -2.17. The number of rotatable bonds is 6. The van der Waals surface area contributed by atoms with E-state index in [1.165, 1.54) is 22.3 Å². The van der Waals surface area contributed by atoms with Gasteiger partial charge in [0.05, 0.1) is 12.6 Å². The van der Waals surface area contributed by atoms with Crippen molar-refractivity contribution in [3.63, 3.8) is 0 Å². The summed E-state index contributed by atoms with van der Waals surface area (Å²) in [6.45, 7) is 11.8. The average molecular weight is 380 g/mol. The lowest BCUT2D eigenvalue weighted by molar-refractivity contribution is -0.122. The minimum Gasteiger partial charge on any atom is -0.348 e.